The maximum Gasteiger partial charge on any atom is 0.253 e. The number of hydrogen-bond donors (Lipinski definition) is 0. The molecule has 2 aromatic carbocycles. The average molecular weight is 427 g/mol. The number of Topliss-reactive ketones (excluding diaryl/α,β-unsaturated/α-hetero) is 1. The minimum Gasteiger partial charge on any atom is -0.340 e. The second-order valence-electron chi connectivity index (χ2n) is 7.87. The lowest BCUT2D eigenvalue weighted by Gasteiger charge is -2.26. The normalized spacial score (nSPS) is 18.7. The summed E-state index contributed by atoms with van der Waals surface area (Å²) in [5, 5.41) is 1.77. The first-order chi connectivity index (χ1) is 14.0. The maximum atomic E-state index is 13.0. The molecule has 0 N–H and O–H groups in total. The molecule has 1 atom stereocenters. The molecule has 0 saturated carbocycles. The number of nitrogens with zero attached hydrogens (tertiary/aromatic N) is 2. The van der Waals surface area contributed by atoms with Crippen LogP contribution in [0.3, 0.4) is 0 Å². The molecule has 1 unspecified atom stereocenters. The van der Waals surface area contributed by atoms with Crippen molar-refractivity contribution in [1.82, 2.24) is 9.47 Å². The van der Waals surface area contributed by atoms with Gasteiger partial charge in [-0.25, -0.2) is 0 Å². The van der Waals surface area contributed by atoms with Crippen LogP contribution in [0, 0.1) is 0 Å². The number of benzene rings is 2. The Balaban J connectivity index is 1.60. The third-order valence-corrected chi connectivity index (χ3v) is 6.94. The van der Waals surface area contributed by atoms with Gasteiger partial charge in [-0.05, 0) is 37.1 Å². The predicted octanol–water partition coefficient (Wildman–Crippen LogP) is 5.34. The number of ketones is 1. The van der Waals surface area contributed by atoms with Crippen molar-refractivity contribution in [2.24, 2.45) is 0 Å². The molecule has 1 aromatic heterocycles. The first kappa shape index (κ1) is 18.7. The molecule has 4 nitrogen and oxygen atoms in total. The van der Waals surface area contributed by atoms with Gasteiger partial charge in [-0.3, -0.25) is 9.59 Å². The Morgan fingerprint density at radius 1 is 1.10 bits per heavy atom. The number of hydrogen-bond acceptors (Lipinski definition) is 2. The molecule has 0 saturated heterocycles. The summed E-state index contributed by atoms with van der Waals surface area (Å²) >= 11 is 12.8. The van der Waals surface area contributed by atoms with Crippen molar-refractivity contribution in [2.75, 3.05) is 13.1 Å². The second kappa shape index (κ2) is 6.89. The average Bonchev–Trinajstić information content (AvgIpc) is 2.86. The van der Waals surface area contributed by atoms with E-state index in [-0.39, 0.29) is 17.7 Å². The molecule has 5 rings (SSSR count). The summed E-state index contributed by atoms with van der Waals surface area (Å²) in [5.41, 5.74) is 4.56. The number of carbonyl (C=O) groups is 2. The highest BCUT2D eigenvalue weighted by Gasteiger charge is 2.34. The van der Waals surface area contributed by atoms with Crippen LogP contribution in [-0.2, 0) is 12.8 Å². The van der Waals surface area contributed by atoms with Gasteiger partial charge < -0.3 is 9.47 Å². The van der Waals surface area contributed by atoms with E-state index in [9.17, 15) is 9.59 Å². The van der Waals surface area contributed by atoms with Crippen molar-refractivity contribution in [3.8, 4) is 0 Å². The lowest BCUT2D eigenvalue weighted by atomic mass is 9.97. The number of carbonyl (C=O) groups excluding carboxylic acids is 2. The summed E-state index contributed by atoms with van der Waals surface area (Å²) in [6.07, 6.45) is 1.89. The monoisotopic (exact) mass is 426 g/mol. The van der Waals surface area contributed by atoms with Crippen molar-refractivity contribution in [3.63, 3.8) is 0 Å². The second-order valence-corrected chi connectivity index (χ2v) is 8.66. The Kier molecular flexibility index (Phi) is 4.45. The van der Waals surface area contributed by atoms with E-state index < -0.39 is 0 Å². The van der Waals surface area contributed by atoms with Crippen LogP contribution in [0.25, 0.3) is 10.9 Å². The molecule has 6 heteroatoms. The van der Waals surface area contributed by atoms with E-state index >= 15 is 0 Å². The van der Waals surface area contributed by atoms with Crippen LogP contribution in [0.1, 0.15) is 51.4 Å². The van der Waals surface area contributed by atoms with E-state index in [2.05, 4.69) is 11.5 Å². The SMILES string of the molecule is CC1CC(=O)c2c(Cl)c(Cl)cc3c4c(n1c23)CCN(C(=O)c1ccccc1)CC4. The van der Waals surface area contributed by atoms with E-state index in [0.717, 1.165) is 23.7 Å². The molecule has 0 fully saturated rings. The van der Waals surface area contributed by atoms with Gasteiger partial charge in [0.05, 0.1) is 21.1 Å². The predicted molar refractivity (Wildman–Crippen MR) is 115 cm³/mol. The van der Waals surface area contributed by atoms with Crippen LogP contribution in [0.2, 0.25) is 10.0 Å². The Labute approximate surface area is 179 Å². The summed E-state index contributed by atoms with van der Waals surface area (Å²) in [5.74, 6) is 0.111. The van der Waals surface area contributed by atoms with Crippen LogP contribution in [-0.4, -0.2) is 34.2 Å². The van der Waals surface area contributed by atoms with Gasteiger partial charge in [0.25, 0.3) is 5.91 Å². The maximum absolute atomic E-state index is 13.0. The fourth-order valence-corrected chi connectivity index (χ4v) is 5.30. The third-order valence-electron chi connectivity index (χ3n) is 6.16. The zero-order chi connectivity index (χ0) is 20.3. The summed E-state index contributed by atoms with van der Waals surface area (Å²) < 4.78 is 2.26. The van der Waals surface area contributed by atoms with Crippen molar-refractivity contribution >= 4 is 45.8 Å². The van der Waals surface area contributed by atoms with Crippen molar-refractivity contribution in [2.45, 2.75) is 32.2 Å². The number of rotatable bonds is 1. The van der Waals surface area contributed by atoms with Crippen LogP contribution in [0.15, 0.2) is 36.4 Å². The van der Waals surface area contributed by atoms with Gasteiger partial charge >= 0.3 is 0 Å². The molecule has 1 amide bonds. The first-order valence-electron chi connectivity index (χ1n) is 9.88. The summed E-state index contributed by atoms with van der Waals surface area (Å²) in [6, 6.07) is 11.4. The van der Waals surface area contributed by atoms with E-state index in [1.165, 1.54) is 11.3 Å². The molecular formula is C23H20Cl2N2O2. The number of fused-ring (bicyclic) bond motifs is 3. The Hall–Kier alpha value is -2.30. The van der Waals surface area contributed by atoms with Crippen LogP contribution in [0.5, 0.6) is 0 Å². The molecule has 0 bridgehead atoms. The smallest absolute Gasteiger partial charge is 0.253 e. The van der Waals surface area contributed by atoms with E-state index in [4.69, 9.17) is 23.2 Å². The quantitative estimate of drug-likeness (QED) is 0.527. The first-order valence-corrected chi connectivity index (χ1v) is 10.6. The van der Waals surface area contributed by atoms with Crippen LogP contribution >= 0.6 is 23.2 Å². The summed E-state index contributed by atoms with van der Waals surface area (Å²) in [6.45, 7) is 3.35. The number of aromatic nitrogens is 1. The molecule has 3 heterocycles. The molecule has 3 aromatic rings. The Morgan fingerprint density at radius 2 is 1.83 bits per heavy atom. The van der Waals surface area contributed by atoms with E-state index in [1.807, 2.05) is 41.3 Å². The van der Waals surface area contributed by atoms with Gasteiger partial charge in [0, 0.05) is 48.6 Å². The fourth-order valence-electron chi connectivity index (χ4n) is 4.85. The van der Waals surface area contributed by atoms with E-state index in [0.29, 0.717) is 40.7 Å². The highest BCUT2D eigenvalue weighted by molar-refractivity contribution is 6.45. The van der Waals surface area contributed by atoms with Crippen LogP contribution < -0.4 is 0 Å². The van der Waals surface area contributed by atoms with Crippen molar-refractivity contribution in [1.29, 1.82) is 0 Å². The number of amides is 1. The van der Waals surface area contributed by atoms with Crippen LogP contribution in [0.4, 0.5) is 0 Å². The Bertz CT molecular complexity index is 1170. The van der Waals surface area contributed by atoms with Crippen molar-refractivity contribution < 1.29 is 9.59 Å². The standard InChI is InChI=1S/C23H20Cl2N2O2/c1-13-11-19(28)20-21(25)17(24)12-16-15-7-9-26(10-8-18(15)27(13)22(16)20)23(29)14-5-3-2-4-6-14/h2-6,12-13H,7-11H2,1H3. The van der Waals surface area contributed by atoms with E-state index in [1.54, 1.807) is 0 Å². The zero-order valence-electron chi connectivity index (χ0n) is 16.0. The van der Waals surface area contributed by atoms with Gasteiger partial charge in [0.1, 0.15) is 0 Å². The molecule has 0 spiro atoms. The van der Waals surface area contributed by atoms with Crippen molar-refractivity contribution in [3.05, 3.63) is 68.8 Å². The van der Waals surface area contributed by atoms with Gasteiger partial charge in [-0.1, -0.05) is 41.4 Å². The molecule has 2 aliphatic rings. The van der Waals surface area contributed by atoms with Gasteiger partial charge in [0.15, 0.2) is 5.78 Å². The Morgan fingerprint density at radius 3 is 2.59 bits per heavy atom. The summed E-state index contributed by atoms with van der Waals surface area (Å²) in [7, 11) is 0. The van der Waals surface area contributed by atoms with Gasteiger partial charge in [-0.15, -0.1) is 0 Å². The fraction of sp³-hybridized carbons (Fsp3) is 0.304. The molecule has 2 aliphatic heterocycles. The lowest BCUT2D eigenvalue weighted by molar-refractivity contribution is 0.0762. The van der Waals surface area contributed by atoms with Gasteiger partial charge in [-0.2, -0.15) is 0 Å². The minimum atomic E-state index is 0.0519. The zero-order valence-corrected chi connectivity index (χ0v) is 17.6. The van der Waals surface area contributed by atoms with Gasteiger partial charge in [0.2, 0.25) is 0 Å². The highest BCUT2D eigenvalue weighted by atomic mass is 35.5. The molecular weight excluding hydrogens is 407 g/mol. The molecule has 0 radical (unpaired) electrons. The number of halogens is 2. The lowest BCUT2D eigenvalue weighted by Crippen LogP contribution is -2.33. The molecule has 148 valence electrons. The largest absolute Gasteiger partial charge is 0.340 e. The molecule has 29 heavy (non-hydrogen) atoms. The minimum absolute atomic E-state index is 0.0519. The molecule has 0 aliphatic carbocycles. The highest BCUT2D eigenvalue weighted by Crippen LogP contribution is 2.44. The topological polar surface area (TPSA) is 42.3 Å². The third kappa shape index (κ3) is 2.81. The summed E-state index contributed by atoms with van der Waals surface area (Å²) in [4.78, 5) is 27.6.